The number of carboxylic acid groups (broad SMARTS) is 1. The molecule has 0 saturated carbocycles. The van der Waals surface area contributed by atoms with Crippen molar-refractivity contribution in [2.24, 2.45) is 0 Å². The molecule has 0 radical (unpaired) electrons. The summed E-state index contributed by atoms with van der Waals surface area (Å²) in [5, 5.41) is 16.9. The summed E-state index contributed by atoms with van der Waals surface area (Å²) < 4.78 is 6.66. The number of ether oxygens (including phenoxy) is 1. The molecule has 0 atom stereocenters. The van der Waals surface area contributed by atoms with Gasteiger partial charge in [-0.25, -0.2) is 14.3 Å². The van der Waals surface area contributed by atoms with E-state index in [1.807, 2.05) is 24.3 Å². The number of aromatic carboxylic acids is 1. The van der Waals surface area contributed by atoms with Crippen LogP contribution in [-0.4, -0.2) is 43.7 Å². The fourth-order valence-corrected chi connectivity index (χ4v) is 2.91. The highest BCUT2D eigenvalue weighted by molar-refractivity contribution is 5.94. The van der Waals surface area contributed by atoms with Crippen LogP contribution in [0.4, 0.5) is 0 Å². The minimum atomic E-state index is -1.12. The van der Waals surface area contributed by atoms with Crippen LogP contribution in [0.5, 0.6) is 5.75 Å². The molecule has 9 nitrogen and oxygen atoms in total. The van der Waals surface area contributed by atoms with Crippen LogP contribution in [0.15, 0.2) is 48.9 Å². The maximum absolute atomic E-state index is 12.5. The third kappa shape index (κ3) is 3.09. The normalized spacial score (nSPS) is 10.9. The van der Waals surface area contributed by atoms with Gasteiger partial charge in [-0.1, -0.05) is 6.07 Å². The molecular weight excluding hydrogens is 362 g/mol. The minimum absolute atomic E-state index is 0.0193. The first-order chi connectivity index (χ1) is 13.6. The summed E-state index contributed by atoms with van der Waals surface area (Å²) in [4.78, 5) is 32.0. The quantitative estimate of drug-likeness (QED) is 0.545. The van der Waals surface area contributed by atoms with Gasteiger partial charge in [-0.3, -0.25) is 9.78 Å². The molecule has 0 aliphatic heterocycles. The maximum Gasteiger partial charge on any atom is 0.338 e. The molecule has 28 heavy (non-hydrogen) atoms. The first-order valence-corrected chi connectivity index (χ1v) is 8.34. The molecule has 0 bridgehead atoms. The van der Waals surface area contributed by atoms with Crippen molar-refractivity contribution >= 4 is 28.4 Å². The van der Waals surface area contributed by atoms with E-state index in [4.69, 9.17) is 9.84 Å². The van der Waals surface area contributed by atoms with Crippen LogP contribution in [0.2, 0.25) is 0 Å². The van der Waals surface area contributed by atoms with Crippen molar-refractivity contribution in [2.45, 2.75) is 6.54 Å². The van der Waals surface area contributed by atoms with Crippen molar-refractivity contribution in [1.82, 2.24) is 24.9 Å². The predicted molar refractivity (Wildman–Crippen MR) is 99.4 cm³/mol. The summed E-state index contributed by atoms with van der Waals surface area (Å²) in [6, 6.07) is 8.99. The summed E-state index contributed by atoms with van der Waals surface area (Å²) in [6.45, 7) is 0.192. The number of benzene rings is 1. The number of amides is 1. The van der Waals surface area contributed by atoms with Crippen molar-refractivity contribution in [3.8, 4) is 5.75 Å². The molecule has 1 amide bonds. The Balaban J connectivity index is 1.60. The van der Waals surface area contributed by atoms with E-state index in [1.165, 1.54) is 23.0 Å². The molecule has 0 aliphatic rings. The molecule has 2 N–H and O–H groups in total. The lowest BCUT2D eigenvalue weighted by Crippen LogP contribution is -2.23. The Morgan fingerprint density at radius 3 is 2.89 bits per heavy atom. The van der Waals surface area contributed by atoms with E-state index in [0.29, 0.717) is 11.4 Å². The molecule has 0 spiro atoms. The highest BCUT2D eigenvalue weighted by atomic mass is 16.5. The first kappa shape index (κ1) is 17.4. The SMILES string of the molecule is COc1ccc2cccnc2c1CNC(=O)c1cc2ncc(C(=O)O)cn2n1. The zero-order valence-corrected chi connectivity index (χ0v) is 14.8. The van der Waals surface area contributed by atoms with Gasteiger partial charge in [0.15, 0.2) is 11.3 Å². The number of methoxy groups -OCH3 is 1. The second-order valence-corrected chi connectivity index (χ2v) is 5.98. The first-order valence-electron chi connectivity index (χ1n) is 8.34. The molecule has 0 fully saturated rings. The number of carboxylic acids is 1. The van der Waals surface area contributed by atoms with E-state index < -0.39 is 11.9 Å². The number of nitrogens with one attached hydrogen (secondary N) is 1. The van der Waals surface area contributed by atoms with Crippen molar-refractivity contribution in [1.29, 1.82) is 0 Å². The summed E-state index contributed by atoms with van der Waals surface area (Å²) in [5.41, 5.74) is 1.98. The fourth-order valence-electron chi connectivity index (χ4n) is 2.91. The van der Waals surface area contributed by atoms with Crippen LogP contribution in [0.3, 0.4) is 0 Å². The second-order valence-electron chi connectivity index (χ2n) is 5.98. The number of nitrogens with zero attached hydrogens (tertiary/aromatic N) is 4. The molecule has 0 saturated heterocycles. The largest absolute Gasteiger partial charge is 0.496 e. The average molecular weight is 377 g/mol. The van der Waals surface area contributed by atoms with E-state index in [1.54, 1.807) is 13.3 Å². The van der Waals surface area contributed by atoms with E-state index >= 15 is 0 Å². The lowest BCUT2D eigenvalue weighted by Gasteiger charge is -2.11. The Labute approximate surface area is 158 Å². The number of aromatic nitrogens is 4. The molecule has 140 valence electrons. The summed E-state index contributed by atoms with van der Waals surface area (Å²) >= 11 is 0. The van der Waals surface area contributed by atoms with Crippen LogP contribution in [-0.2, 0) is 6.54 Å². The minimum Gasteiger partial charge on any atom is -0.496 e. The summed E-state index contributed by atoms with van der Waals surface area (Å²) in [6.07, 6.45) is 4.20. The third-order valence-electron chi connectivity index (χ3n) is 4.27. The number of rotatable bonds is 5. The van der Waals surface area contributed by atoms with Crippen molar-refractivity contribution < 1.29 is 19.4 Å². The average Bonchev–Trinajstić information content (AvgIpc) is 3.15. The standard InChI is InChI=1S/C19H15N5O4/c1-28-15-5-4-11-3-2-6-20-17(11)13(15)9-22-18(25)14-7-16-21-8-12(19(26)27)10-24(16)23-14/h2-8,10H,9H2,1H3,(H,22,25)(H,26,27). The number of pyridine rings is 1. The van der Waals surface area contributed by atoms with Crippen LogP contribution in [0, 0.1) is 0 Å². The predicted octanol–water partition coefficient (Wildman–Crippen LogP) is 1.91. The Morgan fingerprint density at radius 2 is 2.11 bits per heavy atom. The number of carbonyl (C=O) groups is 2. The number of hydrogen-bond donors (Lipinski definition) is 2. The zero-order chi connectivity index (χ0) is 19.7. The maximum atomic E-state index is 12.5. The van der Waals surface area contributed by atoms with Crippen LogP contribution < -0.4 is 10.1 Å². The van der Waals surface area contributed by atoms with Crippen LogP contribution in [0.1, 0.15) is 26.4 Å². The highest BCUT2D eigenvalue weighted by Crippen LogP contribution is 2.26. The molecule has 1 aromatic carbocycles. The molecule has 9 heteroatoms. The van der Waals surface area contributed by atoms with Gasteiger partial charge in [0.05, 0.1) is 18.2 Å². The van der Waals surface area contributed by atoms with Crippen molar-refractivity contribution in [3.05, 3.63) is 65.7 Å². The monoisotopic (exact) mass is 377 g/mol. The van der Waals surface area contributed by atoms with Gasteiger partial charge in [-0.2, -0.15) is 5.10 Å². The van der Waals surface area contributed by atoms with E-state index in [2.05, 4.69) is 20.4 Å². The zero-order valence-electron chi connectivity index (χ0n) is 14.8. The third-order valence-corrected chi connectivity index (χ3v) is 4.27. The summed E-state index contributed by atoms with van der Waals surface area (Å²) in [5.74, 6) is -0.918. The Bertz CT molecular complexity index is 1220. The van der Waals surface area contributed by atoms with Gasteiger partial charge in [0.25, 0.3) is 5.91 Å². The second kappa shape index (κ2) is 6.95. The Hall–Kier alpha value is -4.01. The van der Waals surface area contributed by atoms with Crippen LogP contribution >= 0.6 is 0 Å². The Morgan fingerprint density at radius 1 is 1.25 bits per heavy atom. The Kier molecular flexibility index (Phi) is 4.32. The number of fused-ring (bicyclic) bond motifs is 2. The van der Waals surface area contributed by atoms with E-state index in [-0.39, 0.29) is 17.8 Å². The van der Waals surface area contributed by atoms with Crippen LogP contribution in [0.25, 0.3) is 16.6 Å². The highest BCUT2D eigenvalue weighted by Gasteiger charge is 2.15. The molecule has 4 rings (SSSR count). The van der Waals surface area contributed by atoms with Crippen molar-refractivity contribution in [2.75, 3.05) is 7.11 Å². The molecule has 3 aromatic heterocycles. The van der Waals surface area contributed by atoms with E-state index in [9.17, 15) is 9.59 Å². The molecule has 0 aliphatic carbocycles. The van der Waals surface area contributed by atoms with Gasteiger partial charge >= 0.3 is 5.97 Å². The molecule has 4 aromatic rings. The molecular formula is C19H15N5O4. The lowest BCUT2D eigenvalue weighted by atomic mass is 10.1. The summed E-state index contributed by atoms with van der Waals surface area (Å²) in [7, 11) is 1.56. The van der Waals surface area contributed by atoms with Crippen molar-refractivity contribution in [3.63, 3.8) is 0 Å². The van der Waals surface area contributed by atoms with E-state index in [0.717, 1.165) is 16.5 Å². The van der Waals surface area contributed by atoms with Gasteiger partial charge < -0.3 is 15.2 Å². The molecule has 3 heterocycles. The van der Waals surface area contributed by atoms with Gasteiger partial charge in [0.1, 0.15) is 5.75 Å². The number of hydrogen-bond acceptors (Lipinski definition) is 6. The van der Waals surface area contributed by atoms with Gasteiger partial charge in [0, 0.05) is 42.2 Å². The van der Waals surface area contributed by atoms with Gasteiger partial charge in [0.2, 0.25) is 0 Å². The number of carbonyl (C=O) groups excluding carboxylic acids is 1. The molecule has 0 unspecified atom stereocenters. The van der Waals surface area contributed by atoms with Gasteiger partial charge in [-0.15, -0.1) is 0 Å². The smallest absolute Gasteiger partial charge is 0.338 e. The lowest BCUT2D eigenvalue weighted by molar-refractivity contribution is 0.0695. The topological polar surface area (TPSA) is 119 Å². The van der Waals surface area contributed by atoms with Gasteiger partial charge in [-0.05, 0) is 18.2 Å². The fraction of sp³-hybridized carbons (Fsp3) is 0.105.